The van der Waals surface area contributed by atoms with Crippen molar-refractivity contribution in [3.8, 4) is 67.5 Å². The predicted octanol–water partition coefficient (Wildman–Crippen LogP) is 14.1. The Morgan fingerprint density at radius 3 is 1.68 bits per heavy atom. The van der Waals surface area contributed by atoms with Crippen LogP contribution in [0.25, 0.3) is 110 Å². The first-order chi connectivity index (χ1) is 27.7. The minimum atomic E-state index is 0.573. The molecule has 262 valence electrons. The summed E-state index contributed by atoms with van der Waals surface area (Å²) in [5.41, 5.74) is 11.5. The second-order valence-corrected chi connectivity index (χ2v) is 15.1. The summed E-state index contributed by atoms with van der Waals surface area (Å²) >= 11 is 1.79. The highest BCUT2D eigenvalue weighted by molar-refractivity contribution is 7.26. The van der Waals surface area contributed by atoms with Crippen LogP contribution in [-0.2, 0) is 0 Å². The van der Waals surface area contributed by atoms with Crippen molar-refractivity contribution in [2.75, 3.05) is 0 Å². The van der Waals surface area contributed by atoms with E-state index in [9.17, 15) is 0 Å². The van der Waals surface area contributed by atoms with Crippen LogP contribution in [-0.4, -0.2) is 15.0 Å². The van der Waals surface area contributed by atoms with Gasteiger partial charge in [-0.05, 0) is 69.8 Å². The van der Waals surface area contributed by atoms with E-state index in [1.165, 1.54) is 42.6 Å². The van der Waals surface area contributed by atoms with Gasteiger partial charge in [0.2, 0.25) is 0 Å². The maximum absolute atomic E-state index is 6.46. The molecule has 0 aliphatic rings. The normalized spacial score (nSPS) is 11.6. The first-order valence-corrected chi connectivity index (χ1v) is 19.5. The Morgan fingerprint density at radius 2 is 0.875 bits per heavy atom. The summed E-state index contributed by atoms with van der Waals surface area (Å²) in [7, 11) is 0. The summed E-state index contributed by atoms with van der Waals surface area (Å²) in [6.07, 6.45) is 0. The van der Waals surface area contributed by atoms with E-state index in [0.29, 0.717) is 17.5 Å². The third-order valence-corrected chi connectivity index (χ3v) is 11.7. The fourth-order valence-corrected chi connectivity index (χ4v) is 8.93. The van der Waals surface area contributed by atoms with Gasteiger partial charge in [-0.15, -0.1) is 11.3 Å². The van der Waals surface area contributed by atoms with Crippen molar-refractivity contribution < 1.29 is 4.42 Å². The highest BCUT2D eigenvalue weighted by Gasteiger charge is 2.20. The van der Waals surface area contributed by atoms with E-state index >= 15 is 0 Å². The van der Waals surface area contributed by atoms with E-state index in [2.05, 4.69) is 133 Å². The number of furan rings is 1. The van der Waals surface area contributed by atoms with Gasteiger partial charge in [0.1, 0.15) is 11.2 Å². The SMILES string of the molecule is c1ccc(-c2ccc(-c3cccc(-c4ccc5sc6cccc(-c7nc(-c8ccccc8)nc(-c8cccc9c8oc8ccccc89)n7)c6c5c4)c3)cc2)cc1. The predicted molar refractivity (Wildman–Crippen MR) is 233 cm³/mol. The van der Waals surface area contributed by atoms with Crippen LogP contribution < -0.4 is 0 Å². The van der Waals surface area contributed by atoms with Crippen LogP contribution in [0.5, 0.6) is 0 Å². The molecule has 0 saturated carbocycles. The molecule has 0 radical (unpaired) electrons. The topological polar surface area (TPSA) is 51.8 Å². The third kappa shape index (κ3) is 5.56. The maximum Gasteiger partial charge on any atom is 0.167 e. The molecule has 4 nitrogen and oxygen atoms in total. The Morgan fingerprint density at radius 1 is 0.339 bits per heavy atom. The summed E-state index contributed by atoms with van der Waals surface area (Å²) in [5.74, 6) is 1.81. The molecule has 0 fully saturated rings. The molecule has 0 saturated heterocycles. The molecular formula is C51H31N3OS. The van der Waals surface area contributed by atoms with Gasteiger partial charge in [-0.1, -0.05) is 152 Å². The molecule has 11 aromatic rings. The quantitative estimate of drug-likeness (QED) is 0.171. The van der Waals surface area contributed by atoms with Crippen LogP contribution in [0.4, 0.5) is 0 Å². The lowest BCUT2D eigenvalue weighted by Gasteiger charge is -2.10. The number of aromatic nitrogens is 3. The number of benzene rings is 8. The van der Waals surface area contributed by atoms with Gasteiger partial charge >= 0.3 is 0 Å². The van der Waals surface area contributed by atoms with Crippen LogP contribution >= 0.6 is 11.3 Å². The minimum Gasteiger partial charge on any atom is -0.455 e. The number of thiophene rings is 1. The van der Waals surface area contributed by atoms with Crippen molar-refractivity contribution >= 4 is 53.4 Å². The van der Waals surface area contributed by atoms with Gasteiger partial charge in [0.05, 0.1) is 5.56 Å². The maximum atomic E-state index is 6.46. The van der Waals surface area contributed by atoms with Gasteiger partial charge in [0.15, 0.2) is 17.5 Å². The van der Waals surface area contributed by atoms with E-state index in [1.807, 2.05) is 54.6 Å². The Balaban J connectivity index is 1.05. The molecule has 0 atom stereocenters. The van der Waals surface area contributed by atoms with E-state index < -0.39 is 0 Å². The lowest BCUT2D eigenvalue weighted by molar-refractivity contribution is 0.669. The lowest BCUT2D eigenvalue weighted by Crippen LogP contribution is -2.00. The Hall–Kier alpha value is -7.21. The van der Waals surface area contributed by atoms with E-state index in [0.717, 1.165) is 49.6 Å². The Bertz CT molecular complexity index is 3240. The van der Waals surface area contributed by atoms with Crippen LogP contribution in [0.1, 0.15) is 0 Å². The van der Waals surface area contributed by atoms with Crippen LogP contribution in [0.15, 0.2) is 192 Å². The average molecular weight is 734 g/mol. The molecule has 3 aromatic heterocycles. The molecule has 0 bridgehead atoms. The third-order valence-electron chi connectivity index (χ3n) is 10.6. The fraction of sp³-hybridized carbons (Fsp3) is 0. The van der Waals surface area contributed by atoms with Gasteiger partial charge in [0, 0.05) is 42.1 Å². The van der Waals surface area contributed by atoms with Crippen LogP contribution in [0, 0.1) is 0 Å². The molecular weight excluding hydrogens is 703 g/mol. The van der Waals surface area contributed by atoms with Crippen molar-refractivity contribution in [2.24, 2.45) is 0 Å². The number of nitrogens with zero attached hydrogens (tertiary/aromatic N) is 3. The standard InChI is InChI=1S/C51H31N3OS/c1-3-12-32(13-4-1)33-24-26-34(27-25-33)36-16-9-17-37(30-36)38-28-29-45-43(31-38)47-41(20-11-23-46(47)56-45)50-52-49(35-14-5-2-6-15-35)53-51(54-50)42-21-10-19-40-39-18-7-8-22-44(39)55-48(40)42/h1-31H. The Labute approximate surface area is 327 Å². The number of rotatable bonds is 6. The van der Waals surface area contributed by atoms with Gasteiger partial charge in [-0.25, -0.2) is 15.0 Å². The van der Waals surface area contributed by atoms with Gasteiger partial charge in [-0.2, -0.15) is 0 Å². The molecule has 11 rings (SSSR count). The molecule has 0 N–H and O–H groups in total. The first kappa shape index (κ1) is 32.2. The number of hydrogen-bond donors (Lipinski definition) is 0. The minimum absolute atomic E-state index is 0.573. The molecule has 56 heavy (non-hydrogen) atoms. The summed E-state index contributed by atoms with van der Waals surface area (Å²) in [6.45, 7) is 0. The van der Waals surface area contributed by atoms with Crippen molar-refractivity contribution in [3.63, 3.8) is 0 Å². The highest BCUT2D eigenvalue weighted by Crippen LogP contribution is 2.42. The molecule has 5 heteroatoms. The van der Waals surface area contributed by atoms with E-state index in [-0.39, 0.29) is 0 Å². The Kier molecular flexibility index (Phi) is 7.64. The average Bonchev–Trinajstić information content (AvgIpc) is 3.85. The molecule has 0 aliphatic carbocycles. The van der Waals surface area contributed by atoms with Crippen molar-refractivity contribution in [2.45, 2.75) is 0 Å². The summed E-state index contributed by atoms with van der Waals surface area (Å²) in [5, 5.41) is 4.42. The van der Waals surface area contributed by atoms with Gasteiger partial charge < -0.3 is 4.42 Å². The van der Waals surface area contributed by atoms with E-state index in [4.69, 9.17) is 19.4 Å². The van der Waals surface area contributed by atoms with Gasteiger partial charge in [0.25, 0.3) is 0 Å². The second-order valence-electron chi connectivity index (χ2n) is 14.0. The zero-order chi connectivity index (χ0) is 37.0. The first-order valence-electron chi connectivity index (χ1n) is 18.7. The zero-order valence-corrected chi connectivity index (χ0v) is 30.9. The number of hydrogen-bond acceptors (Lipinski definition) is 5. The molecule has 0 spiro atoms. The molecule has 0 amide bonds. The monoisotopic (exact) mass is 733 g/mol. The largest absolute Gasteiger partial charge is 0.455 e. The van der Waals surface area contributed by atoms with Crippen molar-refractivity contribution in [1.82, 2.24) is 15.0 Å². The summed E-state index contributed by atoms with van der Waals surface area (Å²) in [6, 6.07) is 65.8. The smallest absolute Gasteiger partial charge is 0.167 e. The van der Waals surface area contributed by atoms with Crippen LogP contribution in [0.3, 0.4) is 0 Å². The summed E-state index contributed by atoms with van der Waals surface area (Å²) in [4.78, 5) is 15.5. The number of para-hydroxylation sites is 2. The van der Waals surface area contributed by atoms with Gasteiger partial charge in [-0.3, -0.25) is 0 Å². The highest BCUT2D eigenvalue weighted by atomic mass is 32.1. The molecule has 0 unspecified atom stereocenters. The van der Waals surface area contributed by atoms with Crippen molar-refractivity contribution in [3.05, 3.63) is 188 Å². The zero-order valence-electron chi connectivity index (χ0n) is 30.1. The fourth-order valence-electron chi connectivity index (χ4n) is 7.81. The molecule has 0 aliphatic heterocycles. The van der Waals surface area contributed by atoms with Crippen molar-refractivity contribution in [1.29, 1.82) is 0 Å². The van der Waals surface area contributed by atoms with E-state index in [1.54, 1.807) is 11.3 Å². The summed E-state index contributed by atoms with van der Waals surface area (Å²) < 4.78 is 8.86. The molecule has 8 aromatic carbocycles. The van der Waals surface area contributed by atoms with Crippen LogP contribution in [0.2, 0.25) is 0 Å². The second kappa shape index (κ2) is 13.3. The molecule has 3 heterocycles. The number of fused-ring (bicyclic) bond motifs is 6. The lowest BCUT2D eigenvalue weighted by atomic mass is 9.96.